The molecule has 3 aromatic carbocycles. The second kappa shape index (κ2) is 11.0. The number of rotatable bonds is 9. The number of hydrogen-bond donors (Lipinski definition) is 1. The van der Waals surface area contributed by atoms with E-state index < -0.39 is 12.6 Å². The number of ether oxygens (including phenoxy) is 1. The lowest BCUT2D eigenvalue weighted by Crippen LogP contribution is -2.34. The standard InChI is InChI=1S/C26H25N5O3/c1-19-12-14-22(15-13-19)26-28-30-31(29-26)17-25(33)34-18-24(32)27-23(21-10-6-3-7-11-21)16-20-8-4-2-5-9-20/h2-15,23H,16-18H2,1H3,(H,27,32). The van der Waals surface area contributed by atoms with Gasteiger partial charge in [0.15, 0.2) is 13.2 Å². The maximum absolute atomic E-state index is 12.6. The molecule has 1 amide bonds. The summed E-state index contributed by atoms with van der Waals surface area (Å²) in [5, 5.41) is 15.0. The highest BCUT2D eigenvalue weighted by molar-refractivity contribution is 5.80. The third-order valence-electron chi connectivity index (χ3n) is 5.22. The third-order valence-corrected chi connectivity index (χ3v) is 5.22. The molecule has 0 aliphatic heterocycles. The topological polar surface area (TPSA) is 99.0 Å². The maximum Gasteiger partial charge on any atom is 0.330 e. The van der Waals surface area contributed by atoms with Gasteiger partial charge < -0.3 is 10.1 Å². The number of nitrogens with zero attached hydrogens (tertiary/aromatic N) is 4. The summed E-state index contributed by atoms with van der Waals surface area (Å²) in [7, 11) is 0. The Balaban J connectivity index is 1.31. The normalized spacial score (nSPS) is 11.6. The maximum atomic E-state index is 12.6. The molecule has 0 fully saturated rings. The van der Waals surface area contributed by atoms with Gasteiger partial charge in [0, 0.05) is 5.56 Å². The lowest BCUT2D eigenvalue weighted by atomic mass is 9.99. The summed E-state index contributed by atoms with van der Waals surface area (Å²) < 4.78 is 5.15. The molecular weight excluding hydrogens is 430 g/mol. The Bertz CT molecular complexity index is 1220. The van der Waals surface area contributed by atoms with Crippen molar-refractivity contribution in [3.63, 3.8) is 0 Å². The first-order valence-electron chi connectivity index (χ1n) is 11.0. The Hall–Kier alpha value is -4.33. The number of benzene rings is 3. The number of carbonyl (C=O) groups is 2. The van der Waals surface area contributed by atoms with Crippen LogP contribution in [0, 0.1) is 6.92 Å². The largest absolute Gasteiger partial charge is 0.454 e. The van der Waals surface area contributed by atoms with Crippen molar-refractivity contribution in [1.29, 1.82) is 0 Å². The molecule has 0 saturated carbocycles. The quantitative estimate of drug-likeness (QED) is 0.389. The lowest BCUT2D eigenvalue weighted by Gasteiger charge is -2.19. The predicted octanol–water partition coefficient (Wildman–Crippen LogP) is 3.29. The molecule has 1 N–H and O–H groups in total. The average Bonchev–Trinajstić information content (AvgIpc) is 3.32. The molecule has 8 heteroatoms. The summed E-state index contributed by atoms with van der Waals surface area (Å²) >= 11 is 0. The van der Waals surface area contributed by atoms with Gasteiger partial charge in [0.25, 0.3) is 5.91 Å². The molecule has 1 aromatic heterocycles. The molecule has 172 valence electrons. The minimum Gasteiger partial charge on any atom is -0.454 e. The highest BCUT2D eigenvalue weighted by atomic mass is 16.5. The van der Waals surface area contributed by atoms with Gasteiger partial charge in [-0.1, -0.05) is 90.5 Å². The van der Waals surface area contributed by atoms with Gasteiger partial charge in [-0.15, -0.1) is 10.2 Å². The first kappa shape index (κ1) is 22.8. The van der Waals surface area contributed by atoms with Crippen molar-refractivity contribution in [3.05, 3.63) is 102 Å². The number of amides is 1. The number of nitrogens with one attached hydrogen (secondary N) is 1. The van der Waals surface area contributed by atoms with Crippen LogP contribution in [0.15, 0.2) is 84.9 Å². The fourth-order valence-corrected chi connectivity index (χ4v) is 3.46. The van der Waals surface area contributed by atoms with Gasteiger partial charge in [-0.25, -0.2) is 4.79 Å². The molecule has 0 aliphatic carbocycles. The van der Waals surface area contributed by atoms with Crippen molar-refractivity contribution in [2.24, 2.45) is 0 Å². The van der Waals surface area contributed by atoms with Crippen molar-refractivity contribution in [3.8, 4) is 11.4 Å². The zero-order valence-corrected chi connectivity index (χ0v) is 18.8. The van der Waals surface area contributed by atoms with Gasteiger partial charge >= 0.3 is 5.97 Å². The fraction of sp³-hybridized carbons (Fsp3) is 0.192. The molecule has 0 aliphatic rings. The van der Waals surface area contributed by atoms with Crippen LogP contribution >= 0.6 is 0 Å². The smallest absolute Gasteiger partial charge is 0.330 e. The highest BCUT2D eigenvalue weighted by Crippen LogP contribution is 2.18. The third kappa shape index (κ3) is 6.35. The van der Waals surface area contributed by atoms with Crippen LogP contribution in [-0.2, 0) is 27.3 Å². The monoisotopic (exact) mass is 455 g/mol. The minimum absolute atomic E-state index is 0.238. The molecule has 0 radical (unpaired) electrons. The number of aromatic nitrogens is 4. The minimum atomic E-state index is -0.623. The Morgan fingerprint density at radius 1 is 0.941 bits per heavy atom. The van der Waals surface area contributed by atoms with E-state index in [-0.39, 0.29) is 18.5 Å². The van der Waals surface area contributed by atoms with E-state index >= 15 is 0 Å². The first-order valence-corrected chi connectivity index (χ1v) is 11.0. The molecule has 0 spiro atoms. The van der Waals surface area contributed by atoms with Crippen LogP contribution in [0.3, 0.4) is 0 Å². The summed E-state index contributed by atoms with van der Waals surface area (Å²) in [5.74, 6) is -0.593. The Morgan fingerprint density at radius 2 is 1.62 bits per heavy atom. The molecule has 4 aromatic rings. The van der Waals surface area contributed by atoms with Gasteiger partial charge in [0.1, 0.15) is 0 Å². The molecule has 0 bridgehead atoms. The van der Waals surface area contributed by atoms with Gasteiger partial charge in [-0.2, -0.15) is 4.80 Å². The van der Waals surface area contributed by atoms with E-state index in [0.717, 1.165) is 27.1 Å². The molecule has 1 unspecified atom stereocenters. The summed E-state index contributed by atoms with van der Waals surface area (Å²) in [4.78, 5) is 25.9. The Labute approximate surface area is 197 Å². The fourth-order valence-electron chi connectivity index (χ4n) is 3.46. The lowest BCUT2D eigenvalue weighted by molar-refractivity contribution is -0.149. The van der Waals surface area contributed by atoms with Crippen LogP contribution in [0.1, 0.15) is 22.7 Å². The predicted molar refractivity (Wildman–Crippen MR) is 126 cm³/mol. The van der Waals surface area contributed by atoms with E-state index in [1.807, 2.05) is 91.9 Å². The van der Waals surface area contributed by atoms with Gasteiger partial charge in [0.2, 0.25) is 5.82 Å². The zero-order chi connectivity index (χ0) is 23.8. The second-order valence-corrected chi connectivity index (χ2v) is 7.89. The van der Waals surface area contributed by atoms with E-state index in [2.05, 4.69) is 20.7 Å². The summed E-state index contributed by atoms with van der Waals surface area (Å²) in [6.45, 7) is 1.36. The van der Waals surface area contributed by atoms with Crippen LogP contribution < -0.4 is 5.32 Å². The molecule has 0 saturated heterocycles. The molecule has 4 rings (SSSR count). The van der Waals surface area contributed by atoms with Crippen molar-refractivity contribution < 1.29 is 14.3 Å². The summed E-state index contributed by atoms with van der Waals surface area (Å²) in [6.07, 6.45) is 0.620. The van der Waals surface area contributed by atoms with Crippen molar-refractivity contribution in [2.75, 3.05) is 6.61 Å². The number of esters is 1. The highest BCUT2D eigenvalue weighted by Gasteiger charge is 2.17. The van der Waals surface area contributed by atoms with Crippen LogP contribution in [0.25, 0.3) is 11.4 Å². The van der Waals surface area contributed by atoms with Crippen molar-refractivity contribution in [1.82, 2.24) is 25.5 Å². The van der Waals surface area contributed by atoms with Crippen LogP contribution in [0.4, 0.5) is 0 Å². The number of aryl methyl sites for hydroxylation is 1. The number of hydrogen-bond acceptors (Lipinski definition) is 6. The molecule has 8 nitrogen and oxygen atoms in total. The Morgan fingerprint density at radius 3 is 2.32 bits per heavy atom. The van der Waals surface area contributed by atoms with Gasteiger partial charge in [0.05, 0.1) is 6.04 Å². The number of tetrazole rings is 1. The molecule has 1 atom stereocenters. The summed E-state index contributed by atoms with van der Waals surface area (Å²) in [6, 6.07) is 27.0. The second-order valence-electron chi connectivity index (χ2n) is 7.89. The summed E-state index contributed by atoms with van der Waals surface area (Å²) in [5.41, 5.74) is 3.99. The van der Waals surface area contributed by atoms with Gasteiger partial charge in [-0.05, 0) is 29.7 Å². The van der Waals surface area contributed by atoms with Crippen molar-refractivity contribution >= 4 is 11.9 Å². The number of carbonyl (C=O) groups excluding carboxylic acids is 2. The zero-order valence-electron chi connectivity index (χ0n) is 18.8. The van der Waals surface area contributed by atoms with Crippen LogP contribution in [-0.4, -0.2) is 38.7 Å². The van der Waals surface area contributed by atoms with E-state index in [4.69, 9.17) is 4.74 Å². The van der Waals surface area contributed by atoms with Crippen LogP contribution in [0.2, 0.25) is 0 Å². The van der Waals surface area contributed by atoms with Gasteiger partial charge in [-0.3, -0.25) is 4.79 Å². The van der Waals surface area contributed by atoms with Crippen molar-refractivity contribution in [2.45, 2.75) is 25.9 Å². The van der Waals surface area contributed by atoms with E-state index in [9.17, 15) is 9.59 Å². The van der Waals surface area contributed by atoms with E-state index in [1.54, 1.807) is 0 Å². The van der Waals surface area contributed by atoms with E-state index in [1.165, 1.54) is 0 Å². The molecular formula is C26H25N5O3. The van der Waals surface area contributed by atoms with Crippen LogP contribution in [0.5, 0.6) is 0 Å². The Kier molecular flexibility index (Phi) is 7.39. The first-order chi connectivity index (χ1) is 16.6. The SMILES string of the molecule is Cc1ccc(-c2nnn(CC(=O)OCC(=O)NC(Cc3ccccc3)c3ccccc3)n2)cc1. The van der Waals surface area contributed by atoms with E-state index in [0.29, 0.717) is 12.2 Å². The molecule has 34 heavy (non-hydrogen) atoms. The molecule has 1 heterocycles. The average molecular weight is 456 g/mol.